The fraction of sp³-hybridized carbons (Fsp3) is 0.600. The van der Waals surface area contributed by atoms with Gasteiger partial charge in [0.15, 0.2) is 0 Å². The number of hydrogen-bond donors (Lipinski definition) is 0. The Morgan fingerprint density at radius 1 is 1.44 bits per heavy atom. The predicted molar refractivity (Wildman–Crippen MR) is 77.6 cm³/mol. The van der Waals surface area contributed by atoms with Crippen LogP contribution in [0.15, 0.2) is 18.2 Å². The van der Waals surface area contributed by atoms with E-state index in [1.165, 1.54) is 16.8 Å². The number of benzene rings is 1. The number of halogens is 1. The van der Waals surface area contributed by atoms with Crippen LogP contribution in [-0.4, -0.2) is 25.3 Å². The summed E-state index contributed by atoms with van der Waals surface area (Å²) >= 11 is 6.09. The van der Waals surface area contributed by atoms with Crippen LogP contribution < -0.4 is 4.90 Å². The molecule has 0 amide bonds. The summed E-state index contributed by atoms with van der Waals surface area (Å²) in [6, 6.07) is 7.02. The summed E-state index contributed by atoms with van der Waals surface area (Å²) in [5, 5.41) is 0. The Kier molecular flexibility index (Phi) is 4.52. The zero-order valence-electron chi connectivity index (χ0n) is 11.4. The second-order valence-corrected chi connectivity index (χ2v) is 5.39. The summed E-state index contributed by atoms with van der Waals surface area (Å²) in [4.78, 5) is 2.46. The van der Waals surface area contributed by atoms with Crippen molar-refractivity contribution < 1.29 is 4.74 Å². The van der Waals surface area contributed by atoms with E-state index in [0.29, 0.717) is 11.9 Å². The lowest BCUT2D eigenvalue weighted by molar-refractivity contribution is 0.0299. The molecule has 1 fully saturated rings. The second-order valence-electron chi connectivity index (χ2n) is 5.12. The van der Waals surface area contributed by atoms with E-state index < -0.39 is 0 Å². The van der Waals surface area contributed by atoms with Crippen molar-refractivity contribution in [1.82, 2.24) is 0 Å². The van der Waals surface area contributed by atoms with Gasteiger partial charge in [-0.15, -0.1) is 11.6 Å². The molecule has 0 aliphatic carbocycles. The number of aryl methyl sites for hydroxylation is 1. The van der Waals surface area contributed by atoms with Crippen molar-refractivity contribution in [2.24, 2.45) is 0 Å². The Labute approximate surface area is 115 Å². The Bertz CT molecular complexity index is 407. The Balaban J connectivity index is 2.32. The van der Waals surface area contributed by atoms with Crippen molar-refractivity contribution in [1.29, 1.82) is 0 Å². The van der Waals surface area contributed by atoms with E-state index in [9.17, 15) is 0 Å². The molecule has 0 N–H and O–H groups in total. The Morgan fingerprint density at radius 2 is 2.22 bits per heavy atom. The van der Waals surface area contributed by atoms with Crippen molar-refractivity contribution in [2.45, 2.75) is 45.2 Å². The van der Waals surface area contributed by atoms with Gasteiger partial charge in [0.2, 0.25) is 0 Å². The maximum Gasteiger partial charge on any atom is 0.0723 e. The molecule has 0 bridgehead atoms. The summed E-state index contributed by atoms with van der Waals surface area (Å²) in [6.07, 6.45) is 1.39. The first-order chi connectivity index (χ1) is 8.65. The molecule has 3 heteroatoms. The van der Waals surface area contributed by atoms with Crippen LogP contribution in [-0.2, 0) is 10.6 Å². The van der Waals surface area contributed by atoms with Crippen LogP contribution in [0.25, 0.3) is 0 Å². The Hall–Kier alpha value is -0.730. The molecule has 0 radical (unpaired) electrons. The molecule has 2 unspecified atom stereocenters. The van der Waals surface area contributed by atoms with Gasteiger partial charge in [-0.25, -0.2) is 0 Å². The minimum atomic E-state index is 0.289. The molecule has 1 aliphatic heterocycles. The quantitative estimate of drug-likeness (QED) is 0.774. The van der Waals surface area contributed by atoms with Crippen molar-refractivity contribution >= 4 is 17.3 Å². The van der Waals surface area contributed by atoms with Crippen LogP contribution in [0, 0.1) is 6.92 Å². The zero-order valence-corrected chi connectivity index (χ0v) is 12.2. The maximum atomic E-state index is 6.09. The SMILES string of the molecule is CCC1COC(C)CN1c1ccc(C)cc1CCl. The molecular weight excluding hydrogens is 246 g/mol. The van der Waals surface area contributed by atoms with Crippen LogP contribution in [0.3, 0.4) is 0 Å². The highest BCUT2D eigenvalue weighted by molar-refractivity contribution is 6.17. The normalized spacial score (nSPS) is 24.3. The standard InChI is InChI=1S/C15H22ClNO/c1-4-14-10-18-12(3)9-17(14)15-6-5-11(2)7-13(15)8-16/h5-7,12,14H,4,8-10H2,1-3H3. The smallest absolute Gasteiger partial charge is 0.0723 e. The van der Waals surface area contributed by atoms with E-state index in [-0.39, 0.29) is 6.10 Å². The number of ether oxygens (including phenoxy) is 1. The van der Waals surface area contributed by atoms with Gasteiger partial charge >= 0.3 is 0 Å². The lowest BCUT2D eigenvalue weighted by Gasteiger charge is -2.40. The summed E-state index contributed by atoms with van der Waals surface area (Å²) in [7, 11) is 0. The first kappa shape index (κ1) is 13.7. The lowest BCUT2D eigenvalue weighted by atomic mass is 10.0. The van der Waals surface area contributed by atoms with E-state index >= 15 is 0 Å². The van der Waals surface area contributed by atoms with Crippen LogP contribution in [0.5, 0.6) is 0 Å². The summed E-state index contributed by atoms with van der Waals surface area (Å²) < 4.78 is 5.76. The van der Waals surface area contributed by atoms with Gasteiger partial charge in [-0.2, -0.15) is 0 Å². The summed E-state index contributed by atoms with van der Waals surface area (Å²) in [6.45, 7) is 8.22. The van der Waals surface area contributed by atoms with E-state index in [0.717, 1.165) is 19.6 Å². The zero-order chi connectivity index (χ0) is 13.1. The number of hydrogen-bond acceptors (Lipinski definition) is 2. The third-order valence-corrected chi connectivity index (χ3v) is 3.92. The predicted octanol–water partition coefficient (Wildman–Crippen LogP) is 3.74. The molecule has 2 rings (SSSR count). The minimum absolute atomic E-state index is 0.289. The fourth-order valence-electron chi connectivity index (χ4n) is 2.58. The summed E-state index contributed by atoms with van der Waals surface area (Å²) in [5.41, 5.74) is 3.77. The highest BCUT2D eigenvalue weighted by Gasteiger charge is 2.26. The van der Waals surface area contributed by atoms with Crippen molar-refractivity contribution in [3.05, 3.63) is 29.3 Å². The van der Waals surface area contributed by atoms with Crippen LogP contribution in [0.4, 0.5) is 5.69 Å². The van der Waals surface area contributed by atoms with Crippen molar-refractivity contribution in [2.75, 3.05) is 18.1 Å². The van der Waals surface area contributed by atoms with Gasteiger partial charge in [0.25, 0.3) is 0 Å². The largest absolute Gasteiger partial charge is 0.375 e. The maximum absolute atomic E-state index is 6.09. The van der Waals surface area contributed by atoms with Gasteiger partial charge in [-0.3, -0.25) is 0 Å². The average Bonchev–Trinajstić information content (AvgIpc) is 2.38. The van der Waals surface area contributed by atoms with Crippen molar-refractivity contribution in [3.63, 3.8) is 0 Å². The minimum Gasteiger partial charge on any atom is -0.375 e. The third-order valence-electron chi connectivity index (χ3n) is 3.63. The Morgan fingerprint density at radius 3 is 2.89 bits per heavy atom. The van der Waals surface area contributed by atoms with Gasteiger partial charge in [-0.05, 0) is 31.9 Å². The van der Waals surface area contributed by atoms with Gasteiger partial charge in [-0.1, -0.05) is 24.6 Å². The number of morpholine rings is 1. The molecular formula is C15H22ClNO. The first-order valence-electron chi connectivity index (χ1n) is 6.69. The average molecular weight is 268 g/mol. The highest BCUT2D eigenvalue weighted by Crippen LogP contribution is 2.29. The van der Waals surface area contributed by atoms with Crippen molar-refractivity contribution in [3.8, 4) is 0 Å². The molecule has 18 heavy (non-hydrogen) atoms. The molecule has 0 saturated carbocycles. The summed E-state index contributed by atoms with van der Waals surface area (Å²) in [5.74, 6) is 0.569. The van der Waals surface area contributed by atoms with Gasteiger partial charge in [0.05, 0.1) is 18.8 Å². The molecule has 100 valence electrons. The molecule has 1 aliphatic rings. The molecule has 0 spiro atoms. The number of anilines is 1. The molecule has 1 saturated heterocycles. The molecule has 2 atom stereocenters. The third kappa shape index (κ3) is 2.81. The van der Waals surface area contributed by atoms with Gasteiger partial charge in [0.1, 0.15) is 0 Å². The lowest BCUT2D eigenvalue weighted by Crippen LogP contribution is -2.49. The number of nitrogens with zero attached hydrogens (tertiary/aromatic N) is 1. The van der Waals surface area contributed by atoms with Crippen LogP contribution >= 0.6 is 11.6 Å². The van der Waals surface area contributed by atoms with E-state index in [1.807, 2.05) is 0 Å². The van der Waals surface area contributed by atoms with E-state index in [1.54, 1.807) is 0 Å². The molecule has 1 heterocycles. The molecule has 1 aromatic carbocycles. The topological polar surface area (TPSA) is 12.5 Å². The number of rotatable bonds is 3. The van der Waals surface area contributed by atoms with E-state index in [4.69, 9.17) is 16.3 Å². The second kappa shape index (κ2) is 5.94. The fourth-order valence-corrected chi connectivity index (χ4v) is 2.79. The van der Waals surface area contributed by atoms with E-state index in [2.05, 4.69) is 43.9 Å². The number of alkyl halides is 1. The molecule has 0 aromatic heterocycles. The molecule has 1 aromatic rings. The van der Waals surface area contributed by atoms with Crippen LogP contribution in [0.1, 0.15) is 31.4 Å². The van der Waals surface area contributed by atoms with Crippen LogP contribution in [0.2, 0.25) is 0 Å². The first-order valence-corrected chi connectivity index (χ1v) is 7.22. The molecule has 2 nitrogen and oxygen atoms in total. The van der Waals surface area contributed by atoms with Gasteiger partial charge < -0.3 is 9.64 Å². The van der Waals surface area contributed by atoms with Gasteiger partial charge in [0, 0.05) is 18.1 Å². The monoisotopic (exact) mass is 267 g/mol. The highest BCUT2D eigenvalue weighted by atomic mass is 35.5.